The zero-order chi connectivity index (χ0) is 20.1. The van der Waals surface area contributed by atoms with Crippen molar-refractivity contribution in [2.45, 2.75) is 5.92 Å². The van der Waals surface area contributed by atoms with Crippen LogP contribution < -0.4 is 29.0 Å². The molecule has 1 atom stereocenters. The number of carbonyl (C=O) groups excluding carboxylic acids is 1. The van der Waals surface area contributed by atoms with Crippen molar-refractivity contribution in [2.24, 2.45) is 0 Å². The molecule has 3 heterocycles. The zero-order valence-electron chi connectivity index (χ0n) is 16.2. The van der Waals surface area contributed by atoms with Crippen LogP contribution in [-0.4, -0.2) is 40.7 Å². The summed E-state index contributed by atoms with van der Waals surface area (Å²) in [7, 11) is 4.67. The molecule has 0 bridgehead atoms. The number of esters is 1. The second-order valence-electron chi connectivity index (χ2n) is 6.74. The lowest BCUT2D eigenvalue weighted by Crippen LogP contribution is -2.20. The molecule has 8 nitrogen and oxygen atoms in total. The Kier molecular flexibility index (Phi) is 3.94. The topological polar surface area (TPSA) is 84.5 Å². The predicted molar refractivity (Wildman–Crippen MR) is 102 cm³/mol. The van der Waals surface area contributed by atoms with Gasteiger partial charge in [-0.1, -0.05) is 6.07 Å². The highest BCUT2D eigenvalue weighted by molar-refractivity contribution is 5.97. The van der Waals surface area contributed by atoms with Crippen LogP contribution in [0.25, 0.3) is 0 Å². The molecule has 0 saturated carbocycles. The minimum Gasteiger partial charge on any atom is -0.493 e. The van der Waals surface area contributed by atoms with Crippen LogP contribution >= 0.6 is 0 Å². The minimum atomic E-state index is -0.430. The molecule has 0 spiro atoms. The van der Waals surface area contributed by atoms with E-state index in [-0.39, 0.29) is 19.4 Å². The average molecular weight is 397 g/mol. The van der Waals surface area contributed by atoms with E-state index in [1.807, 2.05) is 18.2 Å². The minimum absolute atomic E-state index is 0.164. The smallest absolute Gasteiger partial charge is 0.337 e. The fourth-order valence-electron chi connectivity index (χ4n) is 4.11. The summed E-state index contributed by atoms with van der Waals surface area (Å²) in [4.78, 5) is 12.6. The molecule has 0 saturated heterocycles. The molecule has 2 aromatic rings. The third-order valence-corrected chi connectivity index (χ3v) is 5.37. The highest BCUT2D eigenvalue weighted by Crippen LogP contribution is 2.53. The van der Waals surface area contributed by atoms with Crippen molar-refractivity contribution in [1.29, 1.82) is 0 Å². The molecule has 1 unspecified atom stereocenters. The summed E-state index contributed by atoms with van der Waals surface area (Å²) in [6.07, 6.45) is 0. The molecule has 0 aliphatic carbocycles. The zero-order valence-corrected chi connectivity index (χ0v) is 16.2. The lowest BCUT2D eigenvalue weighted by Gasteiger charge is -2.29. The SMILES string of the molecule is COc1ccc(C2C3=C(COC3=O)Nc3cc4c(cc32)OCO4)c(OC)c1OC. The van der Waals surface area contributed by atoms with E-state index in [0.717, 1.165) is 22.5 Å². The third-order valence-electron chi connectivity index (χ3n) is 5.37. The van der Waals surface area contributed by atoms with E-state index in [9.17, 15) is 4.79 Å². The highest BCUT2D eigenvalue weighted by atomic mass is 16.7. The Morgan fingerprint density at radius 2 is 1.69 bits per heavy atom. The van der Waals surface area contributed by atoms with Crippen LogP contribution in [0.2, 0.25) is 0 Å². The van der Waals surface area contributed by atoms with Crippen LogP contribution in [0, 0.1) is 0 Å². The molecular formula is C21H19NO7. The van der Waals surface area contributed by atoms with Gasteiger partial charge in [0.15, 0.2) is 23.0 Å². The molecule has 150 valence electrons. The normalized spacial score (nSPS) is 18.6. The Balaban J connectivity index is 1.77. The maximum atomic E-state index is 12.6. The summed E-state index contributed by atoms with van der Waals surface area (Å²) in [5.41, 5.74) is 3.72. The number of fused-ring (bicyclic) bond motifs is 2. The molecular weight excluding hydrogens is 378 g/mol. The van der Waals surface area contributed by atoms with E-state index in [1.165, 1.54) is 0 Å². The Morgan fingerprint density at radius 3 is 2.41 bits per heavy atom. The van der Waals surface area contributed by atoms with Gasteiger partial charge in [0.05, 0.1) is 32.6 Å². The standard InChI is InChI=1S/C21H19NO7/c1-24-14-5-4-10(19(25-2)20(14)26-3)17-11-6-15-16(29-9-28-15)7-12(11)22-13-8-27-21(23)18(13)17/h4-7,17,22H,8-9H2,1-3H3. The summed E-state index contributed by atoms with van der Waals surface area (Å²) < 4.78 is 33.0. The summed E-state index contributed by atoms with van der Waals surface area (Å²) in [6, 6.07) is 7.44. The van der Waals surface area contributed by atoms with Crippen LogP contribution in [-0.2, 0) is 9.53 Å². The van der Waals surface area contributed by atoms with E-state index in [4.69, 9.17) is 28.4 Å². The number of ether oxygens (including phenoxy) is 6. The van der Waals surface area contributed by atoms with Gasteiger partial charge in [-0.25, -0.2) is 4.79 Å². The van der Waals surface area contributed by atoms with Gasteiger partial charge in [0.25, 0.3) is 0 Å². The fourth-order valence-corrected chi connectivity index (χ4v) is 4.11. The second-order valence-corrected chi connectivity index (χ2v) is 6.74. The predicted octanol–water partition coefficient (Wildman–Crippen LogP) is 2.81. The second kappa shape index (κ2) is 6.51. The first-order valence-corrected chi connectivity index (χ1v) is 9.05. The van der Waals surface area contributed by atoms with Crippen molar-refractivity contribution in [3.63, 3.8) is 0 Å². The van der Waals surface area contributed by atoms with Gasteiger partial charge >= 0.3 is 5.97 Å². The highest BCUT2D eigenvalue weighted by Gasteiger charge is 2.41. The average Bonchev–Trinajstić information content (AvgIpc) is 3.35. The Morgan fingerprint density at radius 1 is 0.931 bits per heavy atom. The van der Waals surface area contributed by atoms with Crippen LogP contribution in [0.4, 0.5) is 5.69 Å². The first kappa shape index (κ1) is 17.5. The molecule has 1 N–H and O–H groups in total. The number of hydrogen-bond donors (Lipinski definition) is 1. The van der Waals surface area contributed by atoms with Crippen LogP contribution in [0.1, 0.15) is 17.0 Å². The summed E-state index contributed by atoms with van der Waals surface area (Å²) in [5.74, 6) is 1.99. The molecule has 0 aromatic heterocycles. The fraction of sp³-hybridized carbons (Fsp3) is 0.286. The van der Waals surface area contributed by atoms with Gasteiger partial charge in [0, 0.05) is 23.2 Å². The number of cyclic esters (lactones) is 1. The van der Waals surface area contributed by atoms with Crippen molar-refractivity contribution in [2.75, 3.05) is 40.0 Å². The van der Waals surface area contributed by atoms with Gasteiger partial charge in [-0.2, -0.15) is 0 Å². The first-order chi connectivity index (χ1) is 14.2. The van der Waals surface area contributed by atoms with E-state index in [2.05, 4.69) is 5.32 Å². The van der Waals surface area contributed by atoms with Crippen LogP contribution in [0.5, 0.6) is 28.7 Å². The maximum absolute atomic E-state index is 12.6. The van der Waals surface area contributed by atoms with Gasteiger partial charge in [-0.05, 0) is 17.7 Å². The number of methoxy groups -OCH3 is 3. The van der Waals surface area contributed by atoms with Gasteiger partial charge in [-0.15, -0.1) is 0 Å². The van der Waals surface area contributed by atoms with Gasteiger partial charge < -0.3 is 33.7 Å². The van der Waals surface area contributed by atoms with Crippen molar-refractivity contribution < 1.29 is 33.2 Å². The van der Waals surface area contributed by atoms with Crippen molar-refractivity contribution in [3.05, 3.63) is 46.7 Å². The molecule has 0 fully saturated rings. The first-order valence-electron chi connectivity index (χ1n) is 9.05. The Hall–Kier alpha value is -3.55. The number of anilines is 1. The summed E-state index contributed by atoms with van der Waals surface area (Å²) >= 11 is 0. The van der Waals surface area contributed by atoms with Gasteiger partial charge in [0.2, 0.25) is 12.5 Å². The number of carbonyl (C=O) groups is 1. The molecule has 2 aromatic carbocycles. The number of rotatable bonds is 4. The van der Waals surface area contributed by atoms with E-state index < -0.39 is 5.92 Å². The number of hydrogen-bond acceptors (Lipinski definition) is 8. The number of nitrogens with one attached hydrogen (secondary N) is 1. The number of benzene rings is 2. The van der Waals surface area contributed by atoms with E-state index in [0.29, 0.717) is 34.3 Å². The lowest BCUT2D eigenvalue weighted by molar-refractivity contribution is -0.136. The molecule has 3 aliphatic rings. The molecule has 0 radical (unpaired) electrons. The summed E-state index contributed by atoms with van der Waals surface area (Å²) in [5, 5.41) is 3.31. The van der Waals surface area contributed by atoms with Crippen molar-refractivity contribution >= 4 is 11.7 Å². The third kappa shape index (κ3) is 2.48. The monoisotopic (exact) mass is 397 g/mol. The summed E-state index contributed by atoms with van der Waals surface area (Å²) in [6.45, 7) is 0.353. The molecule has 0 amide bonds. The Bertz CT molecular complexity index is 1060. The Labute approximate surface area is 166 Å². The maximum Gasteiger partial charge on any atom is 0.337 e. The van der Waals surface area contributed by atoms with E-state index in [1.54, 1.807) is 27.4 Å². The quantitative estimate of drug-likeness (QED) is 0.789. The molecule has 5 rings (SSSR count). The van der Waals surface area contributed by atoms with Gasteiger partial charge in [0.1, 0.15) is 6.61 Å². The van der Waals surface area contributed by atoms with Gasteiger partial charge in [-0.3, -0.25) is 0 Å². The molecule has 3 aliphatic heterocycles. The molecule has 29 heavy (non-hydrogen) atoms. The molecule has 8 heteroatoms. The van der Waals surface area contributed by atoms with Crippen LogP contribution in [0.3, 0.4) is 0 Å². The lowest BCUT2D eigenvalue weighted by atomic mass is 9.80. The van der Waals surface area contributed by atoms with Crippen LogP contribution in [0.15, 0.2) is 35.5 Å². The van der Waals surface area contributed by atoms with Crippen molar-refractivity contribution in [3.8, 4) is 28.7 Å². The van der Waals surface area contributed by atoms with E-state index >= 15 is 0 Å². The van der Waals surface area contributed by atoms with Crippen molar-refractivity contribution in [1.82, 2.24) is 0 Å². The largest absolute Gasteiger partial charge is 0.493 e.